The van der Waals surface area contributed by atoms with Gasteiger partial charge in [-0.3, -0.25) is 9.59 Å². The highest BCUT2D eigenvalue weighted by atomic mass is 19.1. The number of benzene rings is 2. The summed E-state index contributed by atoms with van der Waals surface area (Å²) in [6.07, 6.45) is 4.10. The summed E-state index contributed by atoms with van der Waals surface area (Å²) < 4.78 is 14.7. The number of nitrogens with zero attached hydrogens (tertiary/aromatic N) is 6. The van der Waals surface area contributed by atoms with E-state index >= 15 is 0 Å². The minimum Gasteiger partial charge on any atom is -0.365 e. The van der Waals surface area contributed by atoms with Crippen molar-refractivity contribution in [2.24, 2.45) is 7.05 Å². The molecule has 0 saturated carbocycles. The number of hydrogen-bond donors (Lipinski definition) is 1. The molecule has 1 atom stereocenters. The molecule has 40 heavy (non-hydrogen) atoms. The van der Waals surface area contributed by atoms with Crippen molar-refractivity contribution in [1.82, 2.24) is 14.5 Å². The molecule has 2 aromatic carbocycles. The maximum atomic E-state index is 13.4. The number of ketones is 1. The number of aryl methyl sites for hydroxylation is 1. The third-order valence-electron chi connectivity index (χ3n) is 7.62. The highest BCUT2D eigenvalue weighted by molar-refractivity contribution is 6.47. The molecule has 1 N–H and O–H groups in total. The summed E-state index contributed by atoms with van der Waals surface area (Å²) in [5.41, 5.74) is 4.52. The van der Waals surface area contributed by atoms with Crippen LogP contribution >= 0.6 is 0 Å². The van der Waals surface area contributed by atoms with Gasteiger partial charge >= 0.3 is 0 Å². The Morgan fingerprint density at radius 3 is 2.60 bits per heavy atom. The first-order chi connectivity index (χ1) is 19.4. The second-order valence-electron chi connectivity index (χ2n) is 9.99. The van der Waals surface area contributed by atoms with Crippen LogP contribution in [0.3, 0.4) is 0 Å². The summed E-state index contributed by atoms with van der Waals surface area (Å²) in [5.74, 6) is -1.39. The van der Waals surface area contributed by atoms with E-state index in [2.05, 4.69) is 31.2 Å². The molecule has 4 aromatic rings. The van der Waals surface area contributed by atoms with Crippen LogP contribution < -0.4 is 15.1 Å². The maximum absolute atomic E-state index is 13.4. The summed E-state index contributed by atoms with van der Waals surface area (Å²) in [7, 11) is 1.61. The van der Waals surface area contributed by atoms with E-state index in [1.807, 2.05) is 48.5 Å². The van der Waals surface area contributed by atoms with E-state index in [9.17, 15) is 19.2 Å². The van der Waals surface area contributed by atoms with Gasteiger partial charge in [-0.2, -0.15) is 5.26 Å². The number of anilines is 3. The number of amides is 1. The summed E-state index contributed by atoms with van der Waals surface area (Å²) in [6.45, 7) is 2.21. The third kappa shape index (κ3) is 4.56. The van der Waals surface area contributed by atoms with Crippen molar-refractivity contribution >= 4 is 29.0 Å². The number of halogens is 1. The van der Waals surface area contributed by atoms with Gasteiger partial charge in [-0.05, 0) is 48.2 Å². The first-order valence-electron chi connectivity index (χ1n) is 13.1. The molecule has 1 amide bonds. The molecule has 1 saturated heterocycles. The smallest absolute Gasteiger partial charge is 0.298 e. The molecule has 0 aliphatic carbocycles. The number of carbonyl (C=O) groups is 2. The van der Waals surface area contributed by atoms with E-state index < -0.39 is 17.5 Å². The molecule has 4 heterocycles. The fourth-order valence-electron chi connectivity index (χ4n) is 5.65. The Balaban J connectivity index is 1.19. The summed E-state index contributed by atoms with van der Waals surface area (Å²) in [6, 6.07) is 18.9. The second-order valence-corrected chi connectivity index (χ2v) is 9.99. The van der Waals surface area contributed by atoms with Gasteiger partial charge in [-0.25, -0.2) is 14.4 Å². The quantitative estimate of drug-likeness (QED) is 0.305. The van der Waals surface area contributed by atoms with E-state index in [1.54, 1.807) is 13.1 Å². The van der Waals surface area contributed by atoms with Crippen molar-refractivity contribution in [3.63, 3.8) is 0 Å². The Morgan fingerprint density at radius 1 is 1.07 bits per heavy atom. The minimum atomic E-state index is -0.760. The fourth-order valence-corrected chi connectivity index (χ4v) is 5.65. The third-order valence-corrected chi connectivity index (χ3v) is 7.62. The van der Waals surface area contributed by atoms with Crippen LogP contribution in [0.25, 0.3) is 11.1 Å². The molecule has 0 spiro atoms. The van der Waals surface area contributed by atoms with Gasteiger partial charge in [-0.15, -0.1) is 0 Å². The zero-order valence-electron chi connectivity index (χ0n) is 21.8. The van der Waals surface area contributed by atoms with Crippen LogP contribution in [-0.4, -0.2) is 51.9 Å². The Kier molecular flexibility index (Phi) is 6.48. The molecule has 6 rings (SSSR count). The molecule has 2 aromatic heterocycles. The number of hydrogen-bond acceptors (Lipinski definition) is 7. The van der Waals surface area contributed by atoms with Crippen LogP contribution in [0, 0.1) is 17.1 Å². The van der Waals surface area contributed by atoms with Crippen molar-refractivity contribution in [3.8, 4) is 17.2 Å². The number of fused-ring (bicyclic) bond motifs is 3. The lowest BCUT2D eigenvalue weighted by Gasteiger charge is -2.46. The Hall–Kier alpha value is -5.04. The second kappa shape index (κ2) is 10.3. The number of nitriles is 1. The average Bonchev–Trinajstić information content (AvgIpc) is 3.33. The van der Waals surface area contributed by atoms with Gasteiger partial charge in [0.1, 0.15) is 17.5 Å². The topological polar surface area (TPSA) is 107 Å². The fraction of sp³-hybridized carbons (Fsp3) is 0.233. The van der Waals surface area contributed by atoms with E-state index in [4.69, 9.17) is 0 Å². The number of aromatic nitrogens is 3. The number of carbonyl (C=O) groups excluding carboxylic acids is 2. The average molecular weight is 536 g/mol. The lowest BCUT2D eigenvalue weighted by atomic mass is 9.93. The van der Waals surface area contributed by atoms with Crippen LogP contribution in [0.15, 0.2) is 67.0 Å². The molecule has 0 unspecified atom stereocenters. The normalized spacial score (nSPS) is 16.1. The lowest BCUT2D eigenvalue weighted by Crippen LogP contribution is -2.55. The summed E-state index contributed by atoms with van der Waals surface area (Å²) >= 11 is 0. The first-order valence-corrected chi connectivity index (χ1v) is 13.1. The van der Waals surface area contributed by atoms with E-state index in [1.165, 1.54) is 17.0 Å². The molecule has 2 aliphatic rings. The number of nitrogens with one attached hydrogen (secondary N) is 1. The molecule has 9 nitrogen and oxygen atoms in total. The van der Waals surface area contributed by atoms with Crippen LogP contribution in [0.4, 0.5) is 21.7 Å². The van der Waals surface area contributed by atoms with Crippen LogP contribution in [0.1, 0.15) is 28.2 Å². The lowest BCUT2D eigenvalue weighted by molar-refractivity contribution is -0.112. The highest BCUT2D eigenvalue weighted by Gasteiger charge is 2.33. The SMILES string of the molecule is Cn1c(C#N)cc(-c2ccccc2)c1C(=O)C(=O)Nc1ccc2c(c1)CC[C@@H]1CN(c3ncc(F)cn3)CCN21. The summed E-state index contributed by atoms with van der Waals surface area (Å²) in [4.78, 5) is 39.2. The highest BCUT2D eigenvalue weighted by Crippen LogP contribution is 2.35. The van der Waals surface area contributed by atoms with Crippen molar-refractivity contribution < 1.29 is 14.0 Å². The zero-order valence-corrected chi connectivity index (χ0v) is 21.8. The van der Waals surface area contributed by atoms with E-state index in [-0.39, 0.29) is 11.7 Å². The van der Waals surface area contributed by atoms with Crippen LogP contribution in [-0.2, 0) is 18.3 Å². The first kappa shape index (κ1) is 25.2. The van der Waals surface area contributed by atoms with Crippen molar-refractivity contribution in [2.75, 3.05) is 34.8 Å². The largest absolute Gasteiger partial charge is 0.365 e. The van der Waals surface area contributed by atoms with Crippen molar-refractivity contribution in [2.45, 2.75) is 18.9 Å². The van der Waals surface area contributed by atoms with Gasteiger partial charge in [0, 0.05) is 49.7 Å². The van der Waals surface area contributed by atoms with E-state index in [0.717, 1.165) is 42.7 Å². The van der Waals surface area contributed by atoms with Gasteiger partial charge in [0.15, 0.2) is 5.82 Å². The standard InChI is InChI=1S/C30H26FN7O2/c1-36-24(15-32)14-25(19-5-3-2-4-6-19)27(36)28(39)29(40)35-22-8-10-26-20(13-22)7-9-23-18-37(11-12-38(23)26)30-33-16-21(31)17-34-30/h2-6,8,10,13-14,16-17,23H,7,9,11-12,18H2,1H3,(H,35,40)/t23-/m1/s1. The zero-order chi connectivity index (χ0) is 27.8. The molecule has 0 bridgehead atoms. The number of piperazine rings is 1. The molecular formula is C30H26FN7O2. The number of rotatable bonds is 5. The molecule has 200 valence electrons. The molecule has 0 radical (unpaired) electrons. The Bertz CT molecular complexity index is 1640. The predicted molar refractivity (Wildman–Crippen MR) is 149 cm³/mol. The monoisotopic (exact) mass is 535 g/mol. The molecular weight excluding hydrogens is 509 g/mol. The van der Waals surface area contributed by atoms with Gasteiger partial charge < -0.3 is 19.7 Å². The molecule has 1 fully saturated rings. The molecule has 10 heteroatoms. The Morgan fingerprint density at radius 2 is 1.85 bits per heavy atom. The van der Waals surface area contributed by atoms with Gasteiger partial charge in [0.25, 0.3) is 11.7 Å². The number of Topliss-reactive ketones (excluding diaryl/α,β-unsaturated/α-hetero) is 1. The van der Waals surface area contributed by atoms with Gasteiger partial charge in [0.05, 0.1) is 12.4 Å². The van der Waals surface area contributed by atoms with E-state index in [0.29, 0.717) is 29.4 Å². The van der Waals surface area contributed by atoms with Gasteiger partial charge in [-0.1, -0.05) is 30.3 Å². The van der Waals surface area contributed by atoms with Crippen LogP contribution in [0.2, 0.25) is 0 Å². The van der Waals surface area contributed by atoms with Crippen molar-refractivity contribution in [1.29, 1.82) is 5.26 Å². The minimum absolute atomic E-state index is 0.170. The van der Waals surface area contributed by atoms with Crippen molar-refractivity contribution in [3.05, 3.63) is 89.8 Å². The Labute approximate surface area is 230 Å². The molecule has 2 aliphatic heterocycles. The van der Waals surface area contributed by atoms with Gasteiger partial charge in [0.2, 0.25) is 5.95 Å². The predicted octanol–water partition coefficient (Wildman–Crippen LogP) is 3.96. The summed E-state index contributed by atoms with van der Waals surface area (Å²) in [5, 5.41) is 12.3. The maximum Gasteiger partial charge on any atom is 0.298 e. The van der Waals surface area contributed by atoms with Crippen LogP contribution in [0.5, 0.6) is 0 Å².